The van der Waals surface area contributed by atoms with Gasteiger partial charge in [-0.1, -0.05) is 36.4 Å². The third-order valence-corrected chi connectivity index (χ3v) is 4.55. The molecule has 3 rings (SSSR count). The molecule has 1 saturated carbocycles. The lowest BCUT2D eigenvalue weighted by Crippen LogP contribution is -2.59. The van der Waals surface area contributed by atoms with Crippen molar-refractivity contribution in [3.8, 4) is 5.75 Å². The lowest BCUT2D eigenvalue weighted by atomic mass is 9.76. The molecule has 2 aromatic rings. The Kier molecular flexibility index (Phi) is 4.69. The zero-order valence-electron chi connectivity index (χ0n) is 13.5. The second-order valence-corrected chi connectivity index (χ2v) is 6.22. The molecule has 0 radical (unpaired) electrons. The van der Waals surface area contributed by atoms with Crippen LogP contribution < -0.4 is 10.1 Å². The number of amides is 1. The lowest BCUT2D eigenvalue weighted by molar-refractivity contribution is -0.151. The maximum Gasteiger partial charge on any atom is 0.329 e. The number of rotatable bonds is 7. The highest BCUT2D eigenvalue weighted by Gasteiger charge is 2.45. The Balaban J connectivity index is 1.48. The van der Waals surface area contributed by atoms with E-state index in [0.717, 1.165) is 22.9 Å². The quantitative estimate of drug-likeness (QED) is 0.766. The van der Waals surface area contributed by atoms with Crippen LogP contribution in [0.5, 0.6) is 5.75 Å². The first kappa shape index (κ1) is 16.3. The summed E-state index contributed by atoms with van der Waals surface area (Å²) in [6.45, 7) is 0.418. The first-order valence-electron chi connectivity index (χ1n) is 8.26. The summed E-state index contributed by atoms with van der Waals surface area (Å²) in [4.78, 5) is 23.2. The van der Waals surface area contributed by atoms with Crippen LogP contribution in [-0.4, -0.2) is 29.1 Å². The summed E-state index contributed by atoms with van der Waals surface area (Å²) >= 11 is 0. The fourth-order valence-corrected chi connectivity index (χ4v) is 2.99. The molecule has 0 aromatic heterocycles. The molecule has 1 aliphatic rings. The molecule has 1 aliphatic carbocycles. The van der Waals surface area contributed by atoms with Crippen molar-refractivity contribution in [3.63, 3.8) is 0 Å². The van der Waals surface area contributed by atoms with Crippen LogP contribution in [-0.2, 0) is 9.59 Å². The van der Waals surface area contributed by atoms with E-state index in [1.165, 1.54) is 0 Å². The smallest absolute Gasteiger partial charge is 0.329 e. The molecule has 0 aliphatic heterocycles. The van der Waals surface area contributed by atoms with Crippen molar-refractivity contribution in [2.75, 3.05) is 6.61 Å². The van der Waals surface area contributed by atoms with Crippen LogP contribution in [0.15, 0.2) is 42.5 Å². The number of hydrogen-bond acceptors (Lipinski definition) is 3. The Morgan fingerprint density at radius 2 is 1.88 bits per heavy atom. The zero-order chi connectivity index (χ0) is 17.0. The second kappa shape index (κ2) is 6.91. The standard InChI is InChI=1S/C19H21NO4/c21-17(20-19(18(22)23)11-5-12-19)10-4-13-24-16-9-3-7-14-6-1-2-8-15(14)16/h1-3,6-9H,4-5,10-13H2,(H,20,21)(H,22,23). The second-order valence-electron chi connectivity index (χ2n) is 6.22. The zero-order valence-corrected chi connectivity index (χ0v) is 13.5. The van der Waals surface area contributed by atoms with Gasteiger partial charge in [0.25, 0.3) is 0 Å². The summed E-state index contributed by atoms with van der Waals surface area (Å²) in [6.07, 6.45) is 2.68. The number of benzene rings is 2. The van der Waals surface area contributed by atoms with Crippen LogP contribution in [0.2, 0.25) is 0 Å². The molecule has 0 heterocycles. The number of carboxylic acids is 1. The lowest BCUT2D eigenvalue weighted by Gasteiger charge is -2.38. The Hall–Kier alpha value is -2.56. The molecule has 2 aromatic carbocycles. The summed E-state index contributed by atoms with van der Waals surface area (Å²) in [5.74, 6) is -0.359. The van der Waals surface area contributed by atoms with Gasteiger partial charge in [0, 0.05) is 11.8 Å². The van der Waals surface area contributed by atoms with Gasteiger partial charge >= 0.3 is 5.97 Å². The molecule has 0 atom stereocenters. The number of ether oxygens (including phenoxy) is 1. The van der Waals surface area contributed by atoms with Crippen molar-refractivity contribution >= 4 is 22.6 Å². The highest BCUT2D eigenvalue weighted by molar-refractivity contribution is 5.88. The van der Waals surface area contributed by atoms with Gasteiger partial charge in [0.05, 0.1) is 6.61 Å². The van der Waals surface area contributed by atoms with E-state index in [1.807, 2.05) is 42.5 Å². The number of carbonyl (C=O) groups excluding carboxylic acids is 1. The number of carboxylic acid groups (broad SMARTS) is 1. The normalized spacial score (nSPS) is 15.5. The van der Waals surface area contributed by atoms with E-state index in [9.17, 15) is 14.7 Å². The molecule has 0 saturated heterocycles. The van der Waals surface area contributed by atoms with Crippen LogP contribution in [0.1, 0.15) is 32.1 Å². The minimum absolute atomic E-state index is 0.224. The molecule has 0 bridgehead atoms. The minimum atomic E-state index is -1.03. The van der Waals surface area contributed by atoms with Crippen LogP contribution in [0.3, 0.4) is 0 Å². The van der Waals surface area contributed by atoms with Gasteiger partial charge in [-0.25, -0.2) is 4.79 Å². The molecule has 1 amide bonds. The first-order chi connectivity index (χ1) is 11.6. The van der Waals surface area contributed by atoms with Crippen molar-refractivity contribution in [1.82, 2.24) is 5.32 Å². The first-order valence-corrected chi connectivity index (χ1v) is 8.26. The number of carbonyl (C=O) groups is 2. The molecule has 1 fully saturated rings. The van der Waals surface area contributed by atoms with Gasteiger partial charge in [0.15, 0.2) is 0 Å². The Morgan fingerprint density at radius 3 is 2.58 bits per heavy atom. The summed E-state index contributed by atoms with van der Waals surface area (Å²) in [5, 5.41) is 14.0. The maximum atomic E-state index is 11.9. The molecule has 24 heavy (non-hydrogen) atoms. The highest BCUT2D eigenvalue weighted by Crippen LogP contribution is 2.32. The predicted molar refractivity (Wildman–Crippen MR) is 91.0 cm³/mol. The summed E-state index contributed by atoms with van der Waals surface area (Å²) in [7, 11) is 0. The van der Waals surface area contributed by atoms with Crippen LogP contribution in [0.4, 0.5) is 0 Å². The van der Waals surface area contributed by atoms with Gasteiger partial charge in [-0.15, -0.1) is 0 Å². The summed E-state index contributed by atoms with van der Waals surface area (Å²) < 4.78 is 5.79. The van der Waals surface area contributed by atoms with Crippen molar-refractivity contribution < 1.29 is 19.4 Å². The number of fused-ring (bicyclic) bond motifs is 1. The monoisotopic (exact) mass is 327 g/mol. The fraction of sp³-hybridized carbons (Fsp3) is 0.368. The van der Waals surface area contributed by atoms with E-state index in [2.05, 4.69) is 5.32 Å². The number of aliphatic carboxylic acids is 1. The predicted octanol–water partition coefficient (Wildman–Crippen LogP) is 3.12. The third-order valence-electron chi connectivity index (χ3n) is 4.55. The van der Waals surface area contributed by atoms with Crippen LogP contribution >= 0.6 is 0 Å². The van der Waals surface area contributed by atoms with Gasteiger partial charge in [0.2, 0.25) is 5.91 Å². The van der Waals surface area contributed by atoms with E-state index in [-0.39, 0.29) is 12.3 Å². The van der Waals surface area contributed by atoms with Gasteiger partial charge in [-0.05, 0) is 37.1 Å². The largest absolute Gasteiger partial charge is 0.493 e. The van der Waals surface area contributed by atoms with E-state index in [0.29, 0.717) is 25.9 Å². The van der Waals surface area contributed by atoms with Gasteiger partial charge in [-0.3, -0.25) is 4.79 Å². The Labute approximate surface area is 140 Å². The van der Waals surface area contributed by atoms with Crippen molar-refractivity contribution in [1.29, 1.82) is 0 Å². The van der Waals surface area contributed by atoms with Crippen LogP contribution in [0.25, 0.3) is 10.8 Å². The molecule has 2 N–H and O–H groups in total. The SMILES string of the molecule is O=C(CCCOc1cccc2ccccc12)NC1(C(=O)O)CCC1. The van der Waals surface area contributed by atoms with Gasteiger partial charge in [0.1, 0.15) is 11.3 Å². The molecule has 0 spiro atoms. The molecular formula is C19H21NO4. The topological polar surface area (TPSA) is 75.6 Å². The van der Waals surface area contributed by atoms with E-state index < -0.39 is 11.5 Å². The van der Waals surface area contributed by atoms with E-state index >= 15 is 0 Å². The van der Waals surface area contributed by atoms with E-state index in [4.69, 9.17) is 4.74 Å². The average molecular weight is 327 g/mol. The molecular weight excluding hydrogens is 306 g/mol. The molecule has 5 heteroatoms. The number of nitrogens with one attached hydrogen (secondary N) is 1. The Bertz CT molecular complexity index is 747. The van der Waals surface area contributed by atoms with Crippen molar-refractivity contribution in [2.24, 2.45) is 0 Å². The van der Waals surface area contributed by atoms with Crippen molar-refractivity contribution in [3.05, 3.63) is 42.5 Å². The van der Waals surface area contributed by atoms with E-state index in [1.54, 1.807) is 0 Å². The minimum Gasteiger partial charge on any atom is -0.493 e. The molecule has 5 nitrogen and oxygen atoms in total. The number of hydrogen-bond donors (Lipinski definition) is 2. The highest BCUT2D eigenvalue weighted by atomic mass is 16.5. The third kappa shape index (κ3) is 3.35. The summed E-state index contributed by atoms with van der Waals surface area (Å²) in [5.41, 5.74) is -1.03. The average Bonchev–Trinajstić information content (AvgIpc) is 2.54. The Morgan fingerprint density at radius 1 is 1.12 bits per heavy atom. The van der Waals surface area contributed by atoms with Gasteiger partial charge < -0.3 is 15.2 Å². The maximum absolute atomic E-state index is 11.9. The molecule has 0 unspecified atom stereocenters. The summed E-state index contributed by atoms with van der Waals surface area (Å²) in [6, 6.07) is 13.9. The van der Waals surface area contributed by atoms with Gasteiger partial charge in [-0.2, -0.15) is 0 Å². The van der Waals surface area contributed by atoms with Crippen molar-refractivity contribution in [2.45, 2.75) is 37.6 Å². The molecule has 126 valence electrons. The van der Waals surface area contributed by atoms with Crippen LogP contribution in [0, 0.1) is 0 Å². The fourth-order valence-electron chi connectivity index (χ4n) is 2.99.